The van der Waals surface area contributed by atoms with Gasteiger partial charge in [-0.15, -0.1) is 24.8 Å². The minimum Gasteiger partial charge on any atom is -0.457 e. The lowest BCUT2D eigenvalue weighted by atomic mass is 10.0. The van der Waals surface area contributed by atoms with Crippen LogP contribution in [0.1, 0.15) is 21.6 Å². The Morgan fingerprint density at radius 1 is 0.800 bits per heavy atom. The molecule has 1 aliphatic heterocycles. The number of halogens is 2. The molecule has 0 bridgehead atoms. The Balaban J connectivity index is 0.00000185. The van der Waals surface area contributed by atoms with Gasteiger partial charge in [-0.2, -0.15) is 0 Å². The fourth-order valence-electron chi connectivity index (χ4n) is 4.89. The first-order valence-corrected chi connectivity index (χ1v) is 12.8. The van der Waals surface area contributed by atoms with Crippen LogP contribution in [0.4, 0.5) is 5.69 Å². The largest absolute Gasteiger partial charge is 0.457 e. The van der Waals surface area contributed by atoms with Crippen molar-refractivity contribution in [1.29, 1.82) is 0 Å². The number of anilines is 1. The maximum atomic E-state index is 13.8. The van der Waals surface area contributed by atoms with Crippen LogP contribution in [0.5, 0.6) is 11.5 Å². The van der Waals surface area contributed by atoms with Gasteiger partial charge in [0, 0.05) is 37.1 Å². The Kier molecular flexibility index (Phi) is 9.48. The molecule has 0 aliphatic carbocycles. The Bertz CT molecular complexity index is 1530. The molecule has 0 radical (unpaired) electrons. The van der Waals surface area contributed by atoms with E-state index < -0.39 is 0 Å². The summed E-state index contributed by atoms with van der Waals surface area (Å²) < 4.78 is 5.99. The SMILES string of the molecule is Cl.Cl.O=C(c1cccc(Oc2ccccc2)c1)N1CCN(Cc2cnc[nH]2)c2ccc(-c3ccccc3)cc2C1. The summed E-state index contributed by atoms with van der Waals surface area (Å²) in [7, 11) is 0. The van der Waals surface area contributed by atoms with E-state index in [1.165, 1.54) is 0 Å². The highest BCUT2D eigenvalue weighted by molar-refractivity contribution is 5.95. The highest BCUT2D eigenvalue weighted by atomic mass is 35.5. The molecule has 1 aliphatic rings. The van der Waals surface area contributed by atoms with Crippen LogP contribution in [0.25, 0.3) is 11.1 Å². The fraction of sp³-hybridized carbons (Fsp3) is 0.125. The Labute approximate surface area is 246 Å². The van der Waals surface area contributed by atoms with Crippen molar-refractivity contribution < 1.29 is 9.53 Å². The molecule has 0 unspecified atom stereocenters. The molecule has 6 rings (SSSR count). The zero-order valence-electron chi connectivity index (χ0n) is 21.8. The summed E-state index contributed by atoms with van der Waals surface area (Å²) in [6, 6.07) is 33.9. The van der Waals surface area contributed by atoms with Gasteiger partial charge in [0.2, 0.25) is 0 Å². The number of hydrogen-bond donors (Lipinski definition) is 1. The number of imidazole rings is 1. The Morgan fingerprint density at radius 2 is 1.55 bits per heavy atom. The molecular weight excluding hydrogens is 543 g/mol. The number of nitrogens with zero attached hydrogens (tertiary/aromatic N) is 3. The van der Waals surface area contributed by atoms with E-state index in [2.05, 4.69) is 45.2 Å². The molecule has 204 valence electrons. The lowest BCUT2D eigenvalue weighted by Gasteiger charge is -2.24. The molecule has 0 fully saturated rings. The molecule has 8 heteroatoms. The van der Waals surface area contributed by atoms with Crippen LogP contribution in [-0.4, -0.2) is 33.9 Å². The average molecular weight is 574 g/mol. The number of aromatic nitrogens is 2. The Hall–Kier alpha value is -4.26. The minimum atomic E-state index is -0.0111. The van der Waals surface area contributed by atoms with Crippen molar-refractivity contribution in [2.45, 2.75) is 13.1 Å². The van der Waals surface area contributed by atoms with Gasteiger partial charge in [0.1, 0.15) is 11.5 Å². The molecule has 2 heterocycles. The van der Waals surface area contributed by atoms with Crippen LogP contribution in [-0.2, 0) is 13.1 Å². The van der Waals surface area contributed by atoms with E-state index in [-0.39, 0.29) is 30.7 Å². The monoisotopic (exact) mass is 572 g/mol. The van der Waals surface area contributed by atoms with Crippen molar-refractivity contribution in [1.82, 2.24) is 14.9 Å². The van der Waals surface area contributed by atoms with Gasteiger partial charge in [0.25, 0.3) is 5.91 Å². The number of benzene rings is 4. The van der Waals surface area contributed by atoms with Crippen LogP contribution >= 0.6 is 24.8 Å². The lowest BCUT2D eigenvalue weighted by Crippen LogP contribution is -2.35. The zero-order valence-corrected chi connectivity index (χ0v) is 23.4. The van der Waals surface area contributed by atoms with Gasteiger partial charge < -0.3 is 19.5 Å². The van der Waals surface area contributed by atoms with E-state index in [9.17, 15) is 4.79 Å². The second kappa shape index (κ2) is 13.2. The van der Waals surface area contributed by atoms with Crippen molar-refractivity contribution in [2.75, 3.05) is 18.0 Å². The zero-order chi connectivity index (χ0) is 25.7. The lowest BCUT2D eigenvalue weighted by molar-refractivity contribution is 0.0751. The molecular formula is C32H30Cl2N4O2. The summed E-state index contributed by atoms with van der Waals surface area (Å²) in [5.41, 5.74) is 6.20. The smallest absolute Gasteiger partial charge is 0.254 e. The third-order valence-electron chi connectivity index (χ3n) is 6.79. The number of rotatable bonds is 6. The van der Waals surface area contributed by atoms with Crippen molar-refractivity contribution in [2.24, 2.45) is 0 Å². The fourth-order valence-corrected chi connectivity index (χ4v) is 4.89. The molecule has 1 N–H and O–H groups in total. The third-order valence-corrected chi connectivity index (χ3v) is 6.79. The summed E-state index contributed by atoms with van der Waals surface area (Å²) in [5.74, 6) is 1.37. The molecule has 0 spiro atoms. The van der Waals surface area contributed by atoms with Crippen molar-refractivity contribution >= 4 is 36.4 Å². The molecule has 40 heavy (non-hydrogen) atoms. The third kappa shape index (κ3) is 6.47. The molecule has 0 atom stereocenters. The summed E-state index contributed by atoms with van der Waals surface area (Å²) in [6.07, 6.45) is 3.55. The minimum absolute atomic E-state index is 0. The van der Waals surface area contributed by atoms with Crippen LogP contribution in [0, 0.1) is 0 Å². The van der Waals surface area contributed by atoms with E-state index in [4.69, 9.17) is 4.74 Å². The number of H-pyrrole nitrogens is 1. The number of hydrogen-bond acceptors (Lipinski definition) is 4. The molecule has 5 aromatic rings. The van der Waals surface area contributed by atoms with E-state index in [1.54, 1.807) is 6.33 Å². The molecule has 4 aromatic carbocycles. The van der Waals surface area contributed by atoms with Crippen molar-refractivity contribution in [3.05, 3.63) is 132 Å². The topological polar surface area (TPSA) is 61.5 Å². The van der Waals surface area contributed by atoms with Crippen LogP contribution < -0.4 is 9.64 Å². The standard InChI is InChI=1S/C32H28N4O2.2ClH/c37-32(26-10-7-13-30(19-26)38-29-11-5-2-6-12-29)36-17-16-35(22-28-20-33-23-34-28)31-15-14-25(18-27(31)21-36)24-8-3-1-4-9-24;;/h1-15,18-20,23H,16-17,21-22H2,(H,33,34);2*1H. The molecule has 1 aromatic heterocycles. The van der Waals surface area contributed by atoms with Crippen LogP contribution in [0.3, 0.4) is 0 Å². The van der Waals surface area contributed by atoms with Crippen molar-refractivity contribution in [3.63, 3.8) is 0 Å². The number of nitrogens with one attached hydrogen (secondary N) is 1. The van der Waals surface area contributed by atoms with E-state index in [0.29, 0.717) is 37.5 Å². The van der Waals surface area contributed by atoms with Gasteiger partial charge in [-0.1, -0.05) is 60.7 Å². The summed E-state index contributed by atoms with van der Waals surface area (Å²) >= 11 is 0. The highest BCUT2D eigenvalue weighted by Crippen LogP contribution is 2.32. The Morgan fingerprint density at radius 3 is 2.30 bits per heavy atom. The number of aromatic amines is 1. The van der Waals surface area contributed by atoms with E-state index in [1.807, 2.05) is 83.9 Å². The maximum Gasteiger partial charge on any atom is 0.254 e. The number of fused-ring (bicyclic) bond motifs is 1. The van der Waals surface area contributed by atoms with Gasteiger partial charge in [0.15, 0.2) is 0 Å². The summed E-state index contributed by atoms with van der Waals surface area (Å²) in [5, 5.41) is 0. The van der Waals surface area contributed by atoms with Crippen molar-refractivity contribution in [3.8, 4) is 22.6 Å². The predicted molar refractivity (Wildman–Crippen MR) is 164 cm³/mol. The normalized spacial score (nSPS) is 12.4. The summed E-state index contributed by atoms with van der Waals surface area (Å²) in [4.78, 5) is 25.4. The number of carbonyl (C=O) groups excluding carboxylic acids is 1. The molecule has 0 saturated carbocycles. The number of carbonyl (C=O) groups is 1. The van der Waals surface area contributed by atoms with Crippen LogP contribution in [0.15, 0.2) is 116 Å². The summed E-state index contributed by atoms with van der Waals surface area (Å²) in [6.45, 7) is 2.53. The first-order chi connectivity index (χ1) is 18.7. The average Bonchev–Trinajstić information content (AvgIpc) is 3.41. The van der Waals surface area contributed by atoms with Crippen LogP contribution in [0.2, 0.25) is 0 Å². The predicted octanol–water partition coefficient (Wildman–Crippen LogP) is 7.38. The van der Waals surface area contributed by atoms with Gasteiger partial charge >= 0.3 is 0 Å². The molecule has 1 amide bonds. The molecule has 0 saturated heterocycles. The first kappa shape index (κ1) is 28.7. The van der Waals surface area contributed by atoms with Gasteiger partial charge in [0.05, 0.1) is 18.6 Å². The van der Waals surface area contributed by atoms with E-state index >= 15 is 0 Å². The first-order valence-electron chi connectivity index (χ1n) is 12.8. The van der Waals surface area contributed by atoms with Gasteiger partial charge in [-0.05, 0) is 59.2 Å². The number of amides is 1. The molecule has 6 nitrogen and oxygen atoms in total. The second-order valence-electron chi connectivity index (χ2n) is 9.38. The maximum absolute atomic E-state index is 13.8. The van der Waals surface area contributed by atoms with E-state index in [0.717, 1.165) is 33.8 Å². The number of ether oxygens (including phenoxy) is 1. The quantitative estimate of drug-likeness (QED) is 0.230. The highest BCUT2D eigenvalue weighted by Gasteiger charge is 2.25. The second-order valence-corrected chi connectivity index (χ2v) is 9.38. The van der Waals surface area contributed by atoms with Gasteiger partial charge in [-0.25, -0.2) is 4.98 Å². The number of para-hydroxylation sites is 1. The van der Waals surface area contributed by atoms with Gasteiger partial charge in [-0.3, -0.25) is 4.79 Å².